The Balaban J connectivity index is 4.77. The Labute approximate surface area is 179 Å². The molecule has 11 nitrogen and oxygen atoms in total. The first-order valence-electron chi connectivity index (χ1n) is 10.6. The van der Waals surface area contributed by atoms with Crippen molar-refractivity contribution >= 4 is 23.7 Å². The second kappa shape index (κ2) is 17.5. The summed E-state index contributed by atoms with van der Waals surface area (Å²) < 4.78 is 0. The quantitative estimate of drug-likeness (QED) is 0.0820. The van der Waals surface area contributed by atoms with Gasteiger partial charge < -0.3 is 38.9 Å². The fourth-order valence-electron chi connectivity index (χ4n) is 2.82. The highest BCUT2D eigenvalue weighted by atomic mass is 16.2. The molecule has 0 rings (SSSR count). The van der Waals surface area contributed by atoms with Crippen LogP contribution < -0.4 is 38.9 Å². The molecule has 0 saturated heterocycles. The first-order valence-corrected chi connectivity index (χ1v) is 10.6. The molecule has 0 spiro atoms. The maximum atomic E-state index is 12.7. The van der Waals surface area contributed by atoms with Crippen LogP contribution in [0, 0.1) is 0 Å². The second-order valence-electron chi connectivity index (χ2n) is 7.19. The van der Waals surface area contributed by atoms with E-state index in [9.17, 15) is 14.4 Å². The molecular weight excluding hydrogens is 388 g/mol. The second-order valence-corrected chi connectivity index (χ2v) is 7.19. The van der Waals surface area contributed by atoms with Crippen LogP contribution in [-0.2, 0) is 14.4 Å². The third-order valence-corrected chi connectivity index (χ3v) is 4.40. The van der Waals surface area contributed by atoms with Crippen LogP contribution in [0.3, 0.4) is 0 Å². The standard InChI is InChI=1S/C19H40N8O3/c1-14(28)26-16(9-3-5-11-21)18(30)27-15(8-2-4-10-20)17(29)24-12-6-7-13-25-19(22)23/h15-16H,2-13,20-21H2,1H3,(H,24,29)(H,26,28)(H,27,30)(H4,22,23,25)/t15-,16-/m0/s1. The Kier molecular flexibility index (Phi) is 16.1. The number of hydrogen-bond donors (Lipinski definition) is 7. The average molecular weight is 429 g/mol. The summed E-state index contributed by atoms with van der Waals surface area (Å²) in [5, 5.41) is 8.27. The van der Waals surface area contributed by atoms with Gasteiger partial charge in [0, 0.05) is 20.0 Å². The number of carbonyl (C=O) groups excluding carboxylic acids is 3. The van der Waals surface area contributed by atoms with Gasteiger partial charge in [-0.15, -0.1) is 0 Å². The van der Waals surface area contributed by atoms with Gasteiger partial charge in [-0.1, -0.05) is 0 Å². The molecule has 11 N–H and O–H groups in total. The van der Waals surface area contributed by atoms with Crippen LogP contribution >= 0.6 is 0 Å². The number of aliphatic imine (C=N–C) groups is 1. The molecule has 3 amide bonds. The normalized spacial score (nSPS) is 12.5. The molecule has 0 aliphatic heterocycles. The molecular formula is C19H40N8O3. The summed E-state index contributed by atoms with van der Waals surface area (Å²) in [4.78, 5) is 40.6. The molecule has 0 heterocycles. The number of guanidine groups is 1. The zero-order valence-electron chi connectivity index (χ0n) is 18.1. The van der Waals surface area contributed by atoms with E-state index < -0.39 is 12.1 Å². The highest BCUT2D eigenvalue weighted by molar-refractivity contribution is 5.91. The van der Waals surface area contributed by atoms with Crippen molar-refractivity contribution in [3.63, 3.8) is 0 Å². The van der Waals surface area contributed by atoms with E-state index in [1.165, 1.54) is 6.92 Å². The smallest absolute Gasteiger partial charge is 0.243 e. The lowest BCUT2D eigenvalue weighted by molar-refractivity contribution is -0.132. The van der Waals surface area contributed by atoms with E-state index in [1.54, 1.807) is 0 Å². The van der Waals surface area contributed by atoms with Crippen molar-refractivity contribution in [3.05, 3.63) is 0 Å². The average Bonchev–Trinajstić information content (AvgIpc) is 2.68. The molecule has 30 heavy (non-hydrogen) atoms. The number of carbonyl (C=O) groups is 3. The molecule has 174 valence electrons. The molecule has 0 aromatic rings. The molecule has 0 aliphatic rings. The summed E-state index contributed by atoms with van der Waals surface area (Å²) in [5.74, 6) is -0.886. The van der Waals surface area contributed by atoms with E-state index in [4.69, 9.17) is 22.9 Å². The Morgan fingerprint density at radius 1 is 0.800 bits per heavy atom. The van der Waals surface area contributed by atoms with Crippen molar-refractivity contribution in [2.24, 2.45) is 27.9 Å². The fourth-order valence-corrected chi connectivity index (χ4v) is 2.82. The van der Waals surface area contributed by atoms with Crippen molar-refractivity contribution in [3.8, 4) is 0 Å². The van der Waals surface area contributed by atoms with Gasteiger partial charge in [0.2, 0.25) is 17.7 Å². The molecule has 2 atom stereocenters. The Hall–Kier alpha value is -2.40. The minimum absolute atomic E-state index is 0.0434. The zero-order chi connectivity index (χ0) is 22.8. The first-order chi connectivity index (χ1) is 14.3. The van der Waals surface area contributed by atoms with Gasteiger partial charge in [0.05, 0.1) is 0 Å². The maximum absolute atomic E-state index is 12.7. The monoisotopic (exact) mass is 428 g/mol. The van der Waals surface area contributed by atoms with E-state index in [0.29, 0.717) is 58.3 Å². The molecule has 0 radical (unpaired) electrons. The van der Waals surface area contributed by atoms with Gasteiger partial charge >= 0.3 is 0 Å². The van der Waals surface area contributed by atoms with Crippen molar-refractivity contribution in [1.29, 1.82) is 0 Å². The van der Waals surface area contributed by atoms with Gasteiger partial charge in [-0.3, -0.25) is 19.4 Å². The largest absolute Gasteiger partial charge is 0.370 e. The van der Waals surface area contributed by atoms with Gasteiger partial charge in [-0.25, -0.2) is 0 Å². The predicted molar refractivity (Wildman–Crippen MR) is 118 cm³/mol. The molecule has 0 aromatic heterocycles. The number of unbranched alkanes of at least 4 members (excludes halogenated alkanes) is 3. The van der Waals surface area contributed by atoms with Crippen LogP contribution in [0.15, 0.2) is 4.99 Å². The first kappa shape index (κ1) is 27.6. The fraction of sp³-hybridized carbons (Fsp3) is 0.789. The molecule has 11 heteroatoms. The number of hydrogen-bond acceptors (Lipinski definition) is 6. The molecule has 0 unspecified atom stereocenters. The van der Waals surface area contributed by atoms with Gasteiger partial charge in [0.15, 0.2) is 5.96 Å². The lowest BCUT2D eigenvalue weighted by atomic mass is 10.1. The van der Waals surface area contributed by atoms with Gasteiger partial charge in [0.25, 0.3) is 0 Å². The highest BCUT2D eigenvalue weighted by Gasteiger charge is 2.25. The number of rotatable bonds is 17. The van der Waals surface area contributed by atoms with E-state index in [0.717, 1.165) is 19.3 Å². The Morgan fingerprint density at radius 2 is 1.37 bits per heavy atom. The van der Waals surface area contributed by atoms with E-state index in [-0.39, 0.29) is 23.7 Å². The van der Waals surface area contributed by atoms with E-state index >= 15 is 0 Å². The number of amides is 3. The van der Waals surface area contributed by atoms with Crippen LogP contribution in [0.2, 0.25) is 0 Å². The summed E-state index contributed by atoms with van der Waals surface area (Å²) in [6.45, 7) is 3.34. The molecule has 0 aromatic carbocycles. The van der Waals surface area contributed by atoms with Crippen molar-refractivity contribution < 1.29 is 14.4 Å². The molecule has 0 saturated carbocycles. The number of nitrogens with one attached hydrogen (secondary N) is 3. The maximum Gasteiger partial charge on any atom is 0.243 e. The summed E-state index contributed by atoms with van der Waals surface area (Å²) in [6, 6.07) is -1.38. The molecule has 0 aliphatic carbocycles. The van der Waals surface area contributed by atoms with Crippen LogP contribution in [-0.4, -0.2) is 61.9 Å². The van der Waals surface area contributed by atoms with Crippen molar-refractivity contribution in [2.75, 3.05) is 26.2 Å². The minimum atomic E-state index is -0.696. The van der Waals surface area contributed by atoms with Crippen LogP contribution in [0.25, 0.3) is 0 Å². The summed E-state index contributed by atoms with van der Waals surface area (Å²) in [7, 11) is 0. The van der Waals surface area contributed by atoms with Crippen LogP contribution in [0.4, 0.5) is 0 Å². The summed E-state index contributed by atoms with van der Waals surface area (Å²) in [6.07, 6.45) is 5.29. The molecule has 0 bridgehead atoms. The van der Waals surface area contributed by atoms with Crippen LogP contribution in [0.1, 0.15) is 58.3 Å². The lowest BCUT2D eigenvalue weighted by Crippen LogP contribution is -2.53. The zero-order valence-corrected chi connectivity index (χ0v) is 18.1. The summed E-state index contributed by atoms with van der Waals surface area (Å²) in [5.41, 5.74) is 21.6. The van der Waals surface area contributed by atoms with Gasteiger partial charge in [-0.05, 0) is 64.5 Å². The van der Waals surface area contributed by atoms with E-state index in [1.807, 2.05) is 0 Å². The SMILES string of the molecule is CC(=O)N[C@@H](CCCCN)C(=O)N[C@@H](CCCCN)C(=O)NCCCCN=C(N)N. The highest BCUT2D eigenvalue weighted by Crippen LogP contribution is 2.05. The van der Waals surface area contributed by atoms with Crippen molar-refractivity contribution in [2.45, 2.75) is 70.4 Å². The van der Waals surface area contributed by atoms with Gasteiger partial charge in [0.1, 0.15) is 12.1 Å². The van der Waals surface area contributed by atoms with Crippen molar-refractivity contribution in [1.82, 2.24) is 16.0 Å². The number of nitrogens with zero attached hydrogens (tertiary/aromatic N) is 1. The topological polar surface area (TPSA) is 204 Å². The predicted octanol–water partition coefficient (Wildman–Crippen LogP) is -1.60. The summed E-state index contributed by atoms with van der Waals surface area (Å²) >= 11 is 0. The minimum Gasteiger partial charge on any atom is -0.370 e. The van der Waals surface area contributed by atoms with Gasteiger partial charge in [-0.2, -0.15) is 0 Å². The Morgan fingerprint density at radius 3 is 1.87 bits per heavy atom. The molecule has 0 fully saturated rings. The Bertz CT molecular complexity index is 538. The lowest BCUT2D eigenvalue weighted by Gasteiger charge is -2.23. The third kappa shape index (κ3) is 14.6. The van der Waals surface area contributed by atoms with E-state index in [2.05, 4.69) is 20.9 Å². The number of nitrogens with two attached hydrogens (primary N) is 4. The third-order valence-electron chi connectivity index (χ3n) is 4.40. The van der Waals surface area contributed by atoms with Crippen LogP contribution in [0.5, 0.6) is 0 Å².